The molecule has 1 aromatic carbocycles. The lowest BCUT2D eigenvalue weighted by atomic mass is 9.87. The largest absolute Gasteiger partial charge is 0.748 e. The number of carboxylic acid groups (broad SMARTS) is 1. The third kappa shape index (κ3) is 5.32. The number of rotatable bonds is 9. The first-order valence-corrected chi connectivity index (χ1v) is 10.5. The summed E-state index contributed by atoms with van der Waals surface area (Å²) in [4.78, 5) is 23.8. The molecule has 0 fully saturated rings. The molecule has 0 saturated carbocycles. The first kappa shape index (κ1) is 21.9. The smallest absolute Gasteiger partial charge is 0.303 e. The van der Waals surface area contributed by atoms with Gasteiger partial charge in [-0.1, -0.05) is 12.5 Å². The number of carbonyl (C=O) groups is 2. The van der Waals surface area contributed by atoms with Crippen LogP contribution >= 0.6 is 0 Å². The van der Waals surface area contributed by atoms with Gasteiger partial charge in [0.15, 0.2) is 6.29 Å². The minimum Gasteiger partial charge on any atom is -0.748 e. The van der Waals surface area contributed by atoms with Crippen molar-refractivity contribution < 1.29 is 32.8 Å². The molecule has 0 saturated heterocycles. The average Bonchev–Trinajstić information content (AvgIpc) is 2.54. The molecule has 154 valence electrons. The van der Waals surface area contributed by atoms with Crippen LogP contribution in [-0.2, 0) is 14.9 Å². The summed E-state index contributed by atoms with van der Waals surface area (Å²) in [7, 11) is -4.54. The second kappa shape index (κ2) is 8.32. The number of anilines is 1. The van der Waals surface area contributed by atoms with Gasteiger partial charge in [-0.05, 0) is 38.3 Å². The zero-order valence-electron chi connectivity index (χ0n) is 15.8. The van der Waals surface area contributed by atoms with Crippen molar-refractivity contribution in [1.29, 1.82) is 0 Å². The predicted molar refractivity (Wildman–Crippen MR) is 104 cm³/mol. The molecular weight excluding hydrogens is 386 g/mol. The van der Waals surface area contributed by atoms with Crippen LogP contribution in [0.2, 0.25) is 0 Å². The highest BCUT2D eigenvalue weighted by Crippen LogP contribution is 2.42. The maximum Gasteiger partial charge on any atom is 0.303 e. The Kier molecular flexibility index (Phi) is 6.51. The van der Waals surface area contributed by atoms with Crippen LogP contribution in [0.3, 0.4) is 0 Å². The number of phenols is 1. The van der Waals surface area contributed by atoms with Crippen molar-refractivity contribution in [2.45, 2.75) is 45.1 Å². The van der Waals surface area contributed by atoms with Gasteiger partial charge in [0.1, 0.15) is 5.75 Å². The van der Waals surface area contributed by atoms with Crippen molar-refractivity contribution in [3.8, 4) is 5.75 Å². The van der Waals surface area contributed by atoms with E-state index < -0.39 is 27.4 Å². The van der Waals surface area contributed by atoms with Gasteiger partial charge >= 0.3 is 5.97 Å². The number of fused-ring (bicyclic) bond motifs is 1. The molecule has 0 aliphatic carbocycles. The second-order valence-corrected chi connectivity index (χ2v) is 8.83. The molecule has 0 unspecified atom stereocenters. The Balaban J connectivity index is 2.39. The fourth-order valence-electron chi connectivity index (χ4n) is 3.50. The lowest BCUT2D eigenvalue weighted by Gasteiger charge is -2.44. The van der Waals surface area contributed by atoms with Gasteiger partial charge in [-0.2, -0.15) is 0 Å². The SMILES string of the molecule is CC1(C)C=C(CS(=O)(=O)[O-])c2cc(C=O)c(O)cc2N1CCCCCC(=O)O. The van der Waals surface area contributed by atoms with Gasteiger partial charge in [-0.25, -0.2) is 8.42 Å². The van der Waals surface area contributed by atoms with Crippen molar-refractivity contribution in [1.82, 2.24) is 0 Å². The fraction of sp³-hybridized carbons (Fsp3) is 0.474. The second-order valence-electron chi connectivity index (χ2n) is 7.43. The van der Waals surface area contributed by atoms with E-state index in [9.17, 15) is 27.7 Å². The van der Waals surface area contributed by atoms with Crippen LogP contribution in [0.5, 0.6) is 5.75 Å². The topological polar surface area (TPSA) is 135 Å². The van der Waals surface area contributed by atoms with Crippen LogP contribution in [0.15, 0.2) is 18.2 Å². The Morgan fingerprint density at radius 2 is 1.93 bits per heavy atom. The van der Waals surface area contributed by atoms with E-state index in [0.717, 1.165) is 0 Å². The molecule has 0 amide bonds. The zero-order valence-corrected chi connectivity index (χ0v) is 16.7. The van der Waals surface area contributed by atoms with E-state index in [4.69, 9.17) is 5.11 Å². The highest BCUT2D eigenvalue weighted by molar-refractivity contribution is 7.86. The standard InChI is InChI=1S/C19H25NO7S/c1-19(2)10-14(12-28(25,26)27)15-8-13(11-21)17(22)9-16(15)20(19)7-5-3-4-6-18(23)24/h8-11,22H,3-7,12H2,1-2H3,(H,23,24)(H,25,26,27)/p-1. The van der Waals surface area contributed by atoms with E-state index in [1.165, 1.54) is 12.1 Å². The molecule has 2 rings (SSSR count). The van der Waals surface area contributed by atoms with Crippen LogP contribution in [0.25, 0.3) is 5.57 Å². The molecule has 0 aromatic heterocycles. The molecule has 1 heterocycles. The maximum atomic E-state index is 11.3. The van der Waals surface area contributed by atoms with E-state index in [1.54, 1.807) is 6.08 Å². The minimum absolute atomic E-state index is 0.00839. The maximum absolute atomic E-state index is 11.3. The van der Waals surface area contributed by atoms with Crippen LogP contribution < -0.4 is 4.90 Å². The molecule has 0 spiro atoms. The summed E-state index contributed by atoms with van der Waals surface area (Å²) in [5.41, 5.74) is 0.612. The zero-order chi connectivity index (χ0) is 21.1. The first-order valence-electron chi connectivity index (χ1n) is 8.92. The molecule has 8 nitrogen and oxygen atoms in total. The van der Waals surface area contributed by atoms with Crippen molar-refractivity contribution in [2.24, 2.45) is 0 Å². The lowest BCUT2D eigenvalue weighted by Crippen LogP contribution is -2.46. The summed E-state index contributed by atoms with van der Waals surface area (Å²) in [5.74, 6) is -1.79. The molecule has 0 atom stereocenters. The lowest BCUT2D eigenvalue weighted by molar-refractivity contribution is -0.137. The van der Waals surface area contributed by atoms with Crippen molar-refractivity contribution in [3.05, 3.63) is 29.3 Å². The van der Waals surface area contributed by atoms with E-state index >= 15 is 0 Å². The van der Waals surface area contributed by atoms with Crippen LogP contribution in [-0.4, -0.2) is 53.3 Å². The molecule has 9 heteroatoms. The van der Waals surface area contributed by atoms with Gasteiger partial charge in [0.05, 0.1) is 27.0 Å². The van der Waals surface area contributed by atoms with Gasteiger partial charge in [-0.3, -0.25) is 9.59 Å². The van der Waals surface area contributed by atoms with Gasteiger partial charge in [0.2, 0.25) is 0 Å². The fourth-order valence-corrected chi connectivity index (χ4v) is 4.12. The molecule has 2 N–H and O–H groups in total. The molecule has 28 heavy (non-hydrogen) atoms. The monoisotopic (exact) mass is 410 g/mol. The summed E-state index contributed by atoms with van der Waals surface area (Å²) >= 11 is 0. The number of nitrogens with zero attached hydrogens (tertiary/aromatic N) is 1. The number of hydrogen-bond donors (Lipinski definition) is 2. The van der Waals surface area contributed by atoms with Crippen LogP contribution in [0, 0.1) is 0 Å². The summed E-state index contributed by atoms with van der Waals surface area (Å²) in [6, 6.07) is 2.80. The number of aliphatic carboxylic acids is 1. The number of unbranched alkanes of at least 4 members (excludes halogenated alkanes) is 2. The highest BCUT2D eigenvalue weighted by atomic mass is 32.2. The normalized spacial score (nSPS) is 15.7. The molecule has 1 aromatic rings. The average molecular weight is 410 g/mol. The molecule has 1 aliphatic rings. The number of hydrogen-bond acceptors (Lipinski definition) is 7. The van der Waals surface area contributed by atoms with Crippen LogP contribution in [0.4, 0.5) is 5.69 Å². The van der Waals surface area contributed by atoms with E-state index in [2.05, 4.69) is 0 Å². The molecule has 0 bridgehead atoms. The number of carbonyl (C=O) groups excluding carboxylic acids is 1. The number of benzene rings is 1. The Labute approximate surface area is 164 Å². The van der Waals surface area contributed by atoms with E-state index in [0.29, 0.717) is 48.9 Å². The Morgan fingerprint density at radius 1 is 1.25 bits per heavy atom. The number of aldehydes is 1. The minimum atomic E-state index is -4.54. The van der Waals surface area contributed by atoms with Gasteiger partial charge < -0.3 is 19.7 Å². The highest BCUT2D eigenvalue weighted by Gasteiger charge is 2.33. The van der Waals surface area contributed by atoms with Gasteiger partial charge in [-0.15, -0.1) is 0 Å². The Morgan fingerprint density at radius 3 is 2.50 bits per heavy atom. The number of carboxylic acids is 1. The molecule has 0 radical (unpaired) electrons. The van der Waals surface area contributed by atoms with E-state index in [-0.39, 0.29) is 17.7 Å². The van der Waals surface area contributed by atoms with Gasteiger partial charge in [0.25, 0.3) is 0 Å². The molecular formula is C19H24NO7S-. The van der Waals surface area contributed by atoms with Crippen molar-refractivity contribution in [3.63, 3.8) is 0 Å². The van der Waals surface area contributed by atoms with Crippen molar-refractivity contribution >= 4 is 33.6 Å². The predicted octanol–water partition coefficient (Wildman–Crippen LogP) is 2.38. The third-order valence-corrected chi connectivity index (χ3v) is 5.40. The number of phenolic OH excluding ortho intramolecular Hbond substituents is 1. The first-order chi connectivity index (χ1) is 12.9. The summed E-state index contributed by atoms with van der Waals surface area (Å²) in [6.07, 6.45) is 4.17. The summed E-state index contributed by atoms with van der Waals surface area (Å²) in [5, 5.41) is 18.8. The Bertz CT molecular complexity index is 903. The molecule has 1 aliphatic heterocycles. The van der Waals surface area contributed by atoms with E-state index in [1.807, 2.05) is 18.7 Å². The summed E-state index contributed by atoms with van der Waals surface area (Å²) in [6.45, 7) is 4.25. The Hall–Kier alpha value is -2.39. The summed E-state index contributed by atoms with van der Waals surface area (Å²) < 4.78 is 34.0. The quantitative estimate of drug-likeness (QED) is 0.360. The third-order valence-electron chi connectivity index (χ3n) is 4.74. The van der Waals surface area contributed by atoms with Crippen LogP contribution in [0.1, 0.15) is 55.5 Å². The van der Waals surface area contributed by atoms with Gasteiger partial charge in [0, 0.05) is 30.3 Å². The number of aromatic hydroxyl groups is 1. The van der Waals surface area contributed by atoms with Crippen molar-refractivity contribution in [2.75, 3.05) is 17.2 Å².